The molecule has 3 N–H and O–H groups in total. The summed E-state index contributed by atoms with van der Waals surface area (Å²) < 4.78 is 0. The van der Waals surface area contributed by atoms with E-state index in [1.165, 1.54) is 6.92 Å². The molecule has 4 nitrogen and oxygen atoms in total. The predicted octanol–water partition coefficient (Wildman–Crippen LogP) is 1.38. The summed E-state index contributed by atoms with van der Waals surface area (Å²) >= 11 is 0. The molecular weight excluding hydrogens is 216 g/mol. The van der Waals surface area contributed by atoms with Gasteiger partial charge < -0.3 is 11.1 Å². The normalized spacial score (nSPS) is 13.8. The zero-order valence-electron chi connectivity index (χ0n) is 10.1. The van der Waals surface area contributed by atoms with E-state index in [1.54, 1.807) is 0 Å². The molecular formula is C13H18N2O2. The zero-order chi connectivity index (χ0) is 12.8. The summed E-state index contributed by atoms with van der Waals surface area (Å²) in [5.74, 6) is -1.73. The van der Waals surface area contributed by atoms with Crippen LogP contribution in [0.2, 0.25) is 0 Å². The molecule has 0 radical (unpaired) electrons. The average molecular weight is 234 g/mol. The number of nitrogens with two attached hydrogens (primary N) is 1. The third-order valence-corrected chi connectivity index (χ3v) is 2.75. The lowest BCUT2D eigenvalue weighted by molar-refractivity contribution is -0.133. The van der Waals surface area contributed by atoms with Gasteiger partial charge in [0.15, 0.2) is 0 Å². The van der Waals surface area contributed by atoms with Crippen LogP contribution in [0.1, 0.15) is 31.9 Å². The minimum absolute atomic E-state index is 0.0782. The Morgan fingerprint density at radius 2 is 1.88 bits per heavy atom. The molecule has 1 aromatic rings. The van der Waals surface area contributed by atoms with Crippen molar-refractivity contribution in [2.24, 2.45) is 11.7 Å². The van der Waals surface area contributed by atoms with E-state index >= 15 is 0 Å². The number of nitrogens with one attached hydrogen (secondary N) is 1. The van der Waals surface area contributed by atoms with Crippen LogP contribution < -0.4 is 11.1 Å². The molecule has 4 heteroatoms. The summed E-state index contributed by atoms with van der Waals surface area (Å²) in [6.07, 6.45) is 0.765. The fourth-order valence-electron chi connectivity index (χ4n) is 1.53. The Kier molecular flexibility index (Phi) is 4.69. The van der Waals surface area contributed by atoms with Crippen LogP contribution in [-0.4, -0.2) is 11.8 Å². The van der Waals surface area contributed by atoms with Crippen LogP contribution in [-0.2, 0) is 9.59 Å². The van der Waals surface area contributed by atoms with Gasteiger partial charge in [-0.2, -0.15) is 0 Å². The summed E-state index contributed by atoms with van der Waals surface area (Å²) in [6.45, 7) is 3.49. The Hall–Kier alpha value is -1.84. The van der Waals surface area contributed by atoms with E-state index in [4.69, 9.17) is 5.73 Å². The van der Waals surface area contributed by atoms with Crippen LogP contribution >= 0.6 is 0 Å². The van der Waals surface area contributed by atoms with Crippen molar-refractivity contribution in [3.05, 3.63) is 35.9 Å². The van der Waals surface area contributed by atoms with Gasteiger partial charge in [-0.25, -0.2) is 0 Å². The minimum Gasteiger partial charge on any atom is -0.369 e. The van der Waals surface area contributed by atoms with E-state index in [0.717, 1.165) is 12.0 Å². The molecule has 0 saturated carbocycles. The van der Waals surface area contributed by atoms with Gasteiger partial charge in [-0.05, 0) is 18.9 Å². The van der Waals surface area contributed by atoms with Gasteiger partial charge in [0.2, 0.25) is 11.8 Å². The molecule has 0 unspecified atom stereocenters. The maximum atomic E-state index is 11.7. The summed E-state index contributed by atoms with van der Waals surface area (Å²) in [5.41, 5.74) is 6.12. The fourth-order valence-corrected chi connectivity index (χ4v) is 1.53. The number of benzene rings is 1. The number of hydrogen-bond donors (Lipinski definition) is 2. The van der Waals surface area contributed by atoms with Crippen molar-refractivity contribution in [2.75, 3.05) is 0 Å². The Morgan fingerprint density at radius 1 is 1.29 bits per heavy atom. The second-order valence-electron chi connectivity index (χ2n) is 4.00. The molecule has 1 aromatic carbocycles. The van der Waals surface area contributed by atoms with Crippen LogP contribution in [0.25, 0.3) is 0 Å². The van der Waals surface area contributed by atoms with E-state index < -0.39 is 11.8 Å². The van der Waals surface area contributed by atoms with Gasteiger partial charge >= 0.3 is 0 Å². The molecule has 0 heterocycles. The molecule has 17 heavy (non-hydrogen) atoms. The highest BCUT2D eigenvalue weighted by Gasteiger charge is 2.21. The molecule has 1 rings (SSSR count). The number of hydrogen-bond acceptors (Lipinski definition) is 2. The molecule has 0 aromatic heterocycles. The lowest BCUT2D eigenvalue weighted by Gasteiger charge is -2.19. The van der Waals surface area contributed by atoms with Gasteiger partial charge in [0.05, 0.1) is 6.04 Å². The fraction of sp³-hybridized carbons (Fsp3) is 0.385. The maximum Gasteiger partial charge on any atom is 0.232 e. The standard InChI is InChI=1S/C13H18N2O2/c1-3-11(10-7-5-4-6-8-10)15-13(17)9(2)12(14)16/h4-9,11H,3H2,1-2H3,(H2,14,16)(H,15,17)/t9-,11-/m0/s1. The zero-order valence-corrected chi connectivity index (χ0v) is 10.1. The molecule has 0 saturated heterocycles. The SMILES string of the molecule is CC[C@H](NC(=O)[C@@H](C)C(N)=O)c1ccccc1. The van der Waals surface area contributed by atoms with Crippen LogP contribution in [0.3, 0.4) is 0 Å². The average Bonchev–Trinajstić information content (AvgIpc) is 2.35. The van der Waals surface area contributed by atoms with Crippen molar-refractivity contribution in [1.29, 1.82) is 0 Å². The molecule has 0 spiro atoms. The highest BCUT2D eigenvalue weighted by Crippen LogP contribution is 2.16. The molecule has 2 amide bonds. The van der Waals surface area contributed by atoms with Crippen LogP contribution in [0.15, 0.2) is 30.3 Å². The van der Waals surface area contributed by atoms with Crippen molar-refractivity contribution in [3.63, 3.8) is 0 Å². The van der Waals surface area contributed by atoms with Crippen LogP contribution in [0.5, 0.6) is 0 Å². The summed E-state index contributed by atoms with van der Waals surface area (Å²) in [7, 11) is 0. The first-order valence-corrected chi connectivity index (χ1v) is 5.71. The first-order valence-electron chi connectivity index (χ1n) is 5.71. The quantitative estimate of drug-likeness (QED) is 0.755. The largest absolute Gasteiger partial charge is 0.369 e. The smallest absolute Gasteiger partial charge is 0.232 e. The molecule has 0 aliphatic rings. The molecule has 0 aliphatic carbocycles. The highest BCUT2D eigenvalue weighted by atomic mass is 16.2. The molecule has 2 atom stereocenters. The van der Waals surface area contributed by atoms with Crippen LogP contribution in [0, 0.1) is 5.92 Å². The van der Waals surface area contributed by atoms with Crippen molar-refractivity contribution < 1.29 is 9.59 Å². The third kappa shape index (κ3) is 3.59. The number of carbonyl (C=O) groups is 2. The molecule has 0 bridgehead atoms. The van der Waals surface area contributed by atoms with Gasteiger partial charge in [0.1, 0.15) is 5.92 Å². The van der Waals surface area contributed by atoms with E-state index in [9.17, 15) is 9.59 Å². The molecule has 92 valence electrons. The van der Waals surface area contributed by atoms with Crippen molar-refractivity contribution in [3.8, 4) is 0 Å². The van der Waals surface area contributed by atoms with E-state index in [2.05, 4.69) is 5.32 Å². The van der Waals surface area contributed by atoms with Gasteiger partial charge in [0.25, 0.3) is 0 Å². The summed E-state index contributed by atoms with van der Waals surface area (Å²) in [5, 5.41) is 2.82. The topological polar surface area (TPSA) is 72.2 Å². The van der Waals surface area contributed by atoms with Crippen molar-refractivity contribution >= 4 is 11.8 Å². The maximum absolute atomic E-state index is 11.7. The Balaban J connectivity index is 2.71. The minimum atomic E-state index is -0.798. The molecule has 0 aliphatic heterocycles. The van der Waals surface area contributed by atoms with Crippen LogP contribution in [0.4, 0.5) is 0 Å². The van der Waals surface area contributed by atoms with Crippen molar-refractivity contribution in [1.82, 2.24) is 5.32 Å². The van der Waals surface area contributed by atoms with Gasteiger partial charge in [-0.3, -0.25) is 9.59 Å². The van der Waals surface area contributed by atoms with Gasteiger partial charge in [-0.1, -0.05) is 37.3 Å². The second-order valence-corrected chi connectivity index (χ2v) is 4.00. The Labute approximate surface area is 101 Å². The second kappa shape index (κ2) is 6.03. The Bertz CT molecular complexity index is 390. The first-order chi connectivity index (χ1) is 8.06. The lowest BCUT2D eigenvalue weighted by Crippen LogP contribution is -2.38. The van der Waals surface area contributed by atoms with E-state index in [1.807, 2.05) is 37.3 Å². The van der Waals surface area contributed by atoms with Gasteiger partial charge in [-0.15, -0.1) is 0 Å². The number of rotatable bonds is 5. The number of primary amides is 1. The highest BCUT2D eigenvalue weighted by molar-refractivity contribution is 5.99. The number of amides is 2. The third-order valence-electron chi connectivity index (χ3n) is 2.75. The van der Waals surface area contributed by atoms with Gasteiger partial charge in [0, 0.05) is 0 Å². The first kappa shape index (κ1) is 13.2. The summed E-state index contributed by atoms with van der Waals surface area (Å²) in [4.78, 5) is 22.6. The predicted molar refractivity (Wildman–Crippen MR) is 66.0 cm³/mol. The lowest BCUT2D eigenvalue weighted by atomic mass is 10.0. The Morgan fingerprint density at radius 3 is 2.35 bits per heavy atom. The number of carbonyl (C=O) groups excluding carboxylic acids is 2. The monoisotopic (exact) mass is 234 g/mol. The van der Waals surface area contributed by atoms with Crippen molar-refractivity contribution in [2.45, 2.75) is 26.3 Å². The van der Waals surface area contributed by atoms with E-state index in [0.29, 0.717) is 0 Å². The van der Waals surface area contributed by atoms with E-state index in [-0.39, 0.29) is 11.9 Å². The summed E-state index contributed by atoms with van der Waals surface area (Å²) in [6, 6.07) is 9.57. The molecule has 0 fully saturated rings.